The lowest BCUT2D eigenvalue weighted by Crippen LogP contribution is -2.22. The van der Waals surface area contributed by atoms with E-state index in [0.29, 0.717) is 0 Å². The Morgan fingerprint density at radius 1 is 1.20 bits per heavy atom. The van der Waals surface area contributed by atoms with Gasteiger partial charge in [0.05, 0.1) is 11.8 Å². The lowest BCUT2D eigenvalue weighted by molar-refractivity contribution is -0.137. The second-order valence-electron chi connectivity index (χ2n) is 4.93. The van der Waals surface area contributed by atoms with E-state index >= 15 is 0 Å². The third kappa shape index (κ3) is 3.57. The van der Waals surface area contributed by atoms with Crippen molar-refractivity contribution in [3.63, 3.8) is 0 Å². The molecule has 0 aliphatic rings. The summed E-state index contributed by atoms with van der Waals surface area (Å²) in [7, 11) is 0. The van der Waals surface area contributed by atoms with Crippen LogP contribution in [0.4, 0.5) is 18.9 Å². The van der Waals surface area contributed by atoms with E-state index in [0.717, 1.165) is 30.5 Å². The summed E-state index contributed by atoms with van der Waals surface area (Å²) < 4.78 is 38.9. The van der Waals surface area contributed by atoms with E-state index in [-0.39, 0.29) is 17.2 Å². The molecule has 0 bridgehead atoms. The number of benzene rings is 1. The minimum atomic E-state index is -4.49. The molecular weight excluding hydrogens is 339 g/mol. The predicted molar refractivity (Wildman–Crippen MR) is 81.4 cm³/mol. The van der Waals surface area contributed by atoms with Crippen molar-refractivity contribution in [2.75, 3.05) is 5.32 Å². The van der Waals surface area contributed by atoms with Gasteiger partial charge >= 0.3 is 6.18 Å². The van der Waals surface area contributed by atoms with Crippen LogP contribution in [-0.2, 0) is 6.18 Å². The predicted octanol–water partition coefficient (Wildman–Crippen LogP) is 2.23. The lowest BCUT2D eigenvalue weighted by Gasteiger charge is -2.08. The fourth-order valence-corrected chi connectivity index (χ4v) is 1.99. The van der Waals surface area contributed by atoms with Crippen LogP contribution in [0, 0.1) is 0 Å². The first-order valence-corrected chi connectivity index (χ1v) is 6.92. The van der Waals surface area contributed by atoms with E-state index in [1.54, 1.807) is 12.3 Å². The highest BCUT2D eigenvalue weighted by Gasteiger charge is 2.30. The highest BCUT2D eigenvalue weighted by atomic mass is 19.4. The van der Waals surface area contributed by atoms with Crippen molar-refractivity contribution in [2.45, 2.75) is 6.18 Å². The number of halogens is 3. The van der Waals surface area contributed by atoms with Crippen LogP contribution in [0.1, 0.15) is 15.9 Å². The topological polar surface area (TPSA) is 92.7 Å². The van der Waals surface area contributed by atoms with Crippen LogP contribution in [0.25, 0.3) is 5.95 Å². The summed E-state index contributed by atoms with van der Waals surface area (Å²) in [6.07, 6.45) is -0.282. The lowest BCUT2D eigenvalue weighted by atomic mass is 10.1. The molecule has 0 spiro atoms. The van der Waals surface area contributed by atoms with E-state index in [1.165, 1.54) is 10.9 Å². The molecule has 7 nitrogen and oxygen atoms in total. The maximum atomic E-state index is 12.5. The van der Waals surface area contributed by atoms with Crippen molar-refractivity contribution in [3.8, 4) is 5.95 Å². The number of aromatic amines is 1. The normalized spacial score (nSPS) is 11.3. The van der Waals surface area contributed by atoms with Gasteiger partial charge in [-0.1, -0.05) is 0 Å². The molecule has 2 N–H and O–H groups in total. The Bertz CT molecular complexity index is 947. The Labute approximate surface area is 138 Å². The van der Waals surface area contributed by atoms with Crippen molar-refractivity contribution in [1.82, 2.24) is 19.7 Å². The molecule has 2 aromatic heterocycles. The monoisotopic (exact) mass is 349 g/mol. The fourth-order valence-electron chi connectivity index (χ4n) is 1.99. The summed E-state index contributed by atoms with van der Waals surface area (Å²) in [6, 6.07) is 5.27. The second-order valence-corrected chi connectivity index (χ2v) is 4.93. The highest BCUT2D eigenvalue weighted by molar-refractivity contribution is 6.04. The summed E-state index contributed by atoms with van der Waals surface area (Å²) in [5.74, 6) is -0.574. The number of nitrogens with one attached hydrogen (secondary N) is 2. The number of aromatic nitrogens is 4. The number of carbonyl (C=O) groups is 1. The van der Waals surface area contributed by atoms with Crippen LogP contribution in [-0.4, -0.2) is 25.7 Å². The Kier molecular flexibility index (Phi) is 4.09. The summed E-state index contributed by atoms with van der Waals surface area (Å²) in [5.41, 5.74) is -1.66. The summed E-state index contributed by atoms with van der Waals surface area (Å²) >= 11 is 0. The van der Waals surface area contributed by atoms with Crippen LogP contribution in [0.2, 0.25) is 0 Å². The molecule has 2 heterocycles. The van der Waals surface area contributed by atoms with E-state index in [4.69, 9.17) is 0 Å². The van der Waals surface area contributed by atoms with Crippen molar-refractivity contribution in [1.29, 1.82) is 0 Å². The maximum absolute atomic E-state index is 12.5. The molecule has 0 saturated heterocycles. The minimum Gasteiger partial charge on any atom is -0.316 e. The van der Waals surface area contributed by atoms with Gasteiger partial charge in [-0.15, -0.1) is 0 Å². The molecule has 0 aliphatic carbocycles. The molecule has 0 saturated carbocycles. The maximum Gasteiger partial charge on any atom is 0.416 e. The third-order valence-corrected chi connectivity index (χ3v) is 3.23. The molecule has 0 radical (unpaired) electrons. The van der Waals surface area contributed by atoms with Gasteiger partial charge in [0.1, 0.15) is 5.69 Å². The second kappa shape index (κ2) is 6.23. The first-order valence-electron chi connectivity index (χ1n) is 6.92. The van der Waals surface area contributed by atoms with Crippen LogP contribution in [0.15, 0.2) is 53.7 Å². The largest absolute Gasteiger partial charge is 0.416 e. The number of hydrogen-bond donors (Lipinski definition) is 2. The highest BCUT2D eigenvalue weighted by Crippen LogP contribution is 2.29. The zero-order valence-electron chi connectivity index (χ0n) is 12.4. The van der Waals surface area contributed by atoms with Crippen LogP contribution < -0.4 is 10.9 Å². The molecule has 1 aromatic carbocycles. The Hall–Kier alpha value is -3.43. The molecule has 0 aliphatic heterocycles. The zero-order valence-corrected chi connectivity index (χ0v) is 12.4. The van der Waals surface area contributed by atoms with Crippen molar-refractivity contribution in [3.05, 3.63) is 70.4 Å². The van der Waals surface area contributed by atoms with Gasteiger partial charge in [0.15, 0.2) is 0 Å². The molecule has 128 valence electrons. The molecule has 0 fully saturated rings. The minimum absolute atomic E-state index is 0.0245. The van der Waals surface area contributed by atoms with Gasteiger partial charge in [-0.3, -0.25) is 14.6 Å². The van der Waals surface area contributed by atoms with E-state index in [1.807, 2.05) is 0 Å². The van der Waals surface area contributed by atoms with Crippen LogP contribution >= 0.6 is 0 Å². The van der Waals surface area contributed by atoms with Gasteiger partial charge in [0.2, 0.25) is 5.95 Å². The summed E-state index contributed by atoms with van der Waals surface area (Å²) in [5, 5.41) is 6.20. The molecule has 0 atom stereocenters. The summed E-state index contributed by atoms with van der Waals surface area (Å²) in [6.45, 7) is 0. The number of amides is 1. The van der Waals surface area contributed by atoms with E-state index in [9.17, 15) is 22.8 Å². The molecule has 25 heavy (non-hydrogen) atoms. The number of H-pyrrole nitrogens is 1. The van der Waals surface area contributed by atoms with Crippen molar-refractivity contribution < 1.29 is 18.0 Å². The number of carbonyl (C=O) groups excluding carboxylic acids is 1. The van der Waals surface area contributed by atoms with Gasteiger partial charge in [-0.2, -0.15) is 18.3 Å². The number of hydrogen-bond acceptors (Lipinski definition) is 4. The molecule has 0 unspecified atom stereocenters. The number of nitrogens with zero attached hydrogens (tertiary/aromatic N) is 3. The van der Waals surface area contributed by atoms with Crippen LogP contribution in [0.3, 0.4) is 0 Å². The molecule has 3 aromatic rings. The Morgan fingerprint density at radius 2 is 1.92 bits per heavy atom. The molecule has 3 rings (SSSR count). The van der Waals surface area contributed by atoms with Gasteiger partial charge < -0.3 is 5.32 Å². The number of rotatable bonds is 3. The average Bonchev–Trinajstić information content (AvgIpc) is 3.10. The van der Waals surface area contributed by atoms with E-state index in [2.05, 4.69) is 20.4 Å². The third-order valence-electron chi connectivity index (χ3n) is 3.23. The van der Waals surface area contributed by atoms with Gasteiger partial charge in [0.25, 0.3) is 11.5 Å². The van der Waals surface area contributed by atoms with E-state index < -0.39 is 23.2 Å². The standard InChI is InChI=1S/C15H10F3N5O2/c16-15(17,18)10-4-2-9(3-5-10)12(24)21-11-8-19-14(22-13(11)25)23-7-1-6-20-23/h1-8H,(H,21,24)(H,19,22,25). The van der Waals surface area contributed by atoms with Gasteiger partial charge in [0, 0.05) is 18.0 Å². The van der Waals surface area contributed by atoms with Gasteiger partial charge in [-0.25, -0.2) is 9.67 Å². The first-order chi connectivity index (χ1) is 11.8. The quantitative estimate of drug-likeness (QED) is 0.758. The SMILES string of the molecule is O=C(Nc1cnc(-n2cccn2)[nH]c1=O)c1ccc(C(F)(F)F)cc1. The average molecular weight is 349 g/mol. The van der Waals surface area contributed by atoms with Crippen molar-refractivity contribution in [2.24, 2.45) is 0 Å². The fraction of sp³-hybridized carbons (Fsp3) is 0.0667. The Morgan fingerprint density at radius 3 is 2.48 bits per heavy atom. The summed E-state index contributed by atoms with van der Waals surface area (Å²) in [4.78, 5) is 30.4. The zero-order chi connectivity index (χ0) is 18.0. The molecule has 10 heteroatoms. The first kappa shape index (κ1) is 16.4. The number of anilines is 1. The molecule has 1 amide bonds. The Balaban J connectivity index is 1.78. The van der Waals surface area contributed by atoms with Crippen molar-refractivity contribution >= 4 is 11.6 Å². The van der Waals surface area contributed by atoms with Crippen LogP contribution in [0.5, 0.6) is 0 Å². The van der Waals surface area contributed by atoms with Gasteiger partial charge in [-0.05, 0) is 30.3 Å². The molecular formula is C15H10F3N5O2. The number of alkyl halides is 3. The smallest absolute Gasteiger partial charge is 0.316 e.